The molecule has 1 aromatic carbocycles. The summed E-state index contributed by atoms with van der Waals surface area (Å²) in [6.07, 6.45) is 0.139. The third-order valence-electron chi connectivity index (χ3n) is 2.85. The van der Waals surface area contributed by atoms with Crippen LogP contribution >= 0.6 is 27.3 Å². The highest BCUT2D eigenvalue weighted by atomic mass is 79.9. The van der Waals surface area contributed by atoms with Crippen molar-refractivity contribution in [1.82, 2.24) is 5.32 Å². The lowest BCUT2D eigenvalue weighted by Gasteiger charge is -2.14. The molecule has 0 bridgehead atoms. The summed E-state index contributed by atoms with van der Waals surface area (Å²) >= 11 is 5.22. The van der Waals surface area contributed by atoms with Gasteiger partial charge in [-0.1, -0.05) is 6.07 Å². The van der Waals surface area contributed by atoms with Gasteiger partial charge in [-0.25, -0.2) is 0 Å². The molecule has 0 spiro atoms. The average molecular weight is 370 g/mol. The van der Waals surface area contributed by atoms with Crippen molar-refractivity contribution in [2.75, 3.05) is 7.11 Å². The van der Waals surface area contributed by atoms with Gasteiger partial charge >= 0.3 is 0 Å². The second kappa shape index (κ2) is 7.82. The predicted octanol–water partition coefficient (Wildman–Crippen LogP) is 4.60. The monoisotopic (exact) mass is 369 g/mol. The fourth-order valence-electron chi connectivity index (χ4n) is 1.95. The van der Waals surface area contributed by atoms with E-state index in [9.17, 15) is 0 Å². The third-order valence-corrected chi connectivity index (χ3v) is 4.47. The van der Waals surface area contributed by atoms with E-state index >= 15 is 0 Å². The molecule has 0 aliphatic carbocycles. The van der Waals surface area contributed by atoms with Crippen molar-refractivity contribution in [2.45, 2.75) is 33.0 Å². The molecule has 5 heteroatoms. The SMILES string of the molecule is COc1cc(CNCc2ccc(Br)s2)ccc1OC(C)C. The van der Waals surface area contributed by atoms with Gasteiger partial charge in [-0.05, 0) is 59.6 Å². The van der Waals surface area contributed by atoms with Gasteiger partial charge < -0.3 is 14.8 Å². The molecular formula is C16H20BrNO2S. The molecule has 1 aromatic heterocycles. The third kappa shape index (κ3) is 5.02. The lowest BCUT2D eigenvalue weighted by atomic mass is 10.2. The Hall–Kier alpha value is -1.04. The lowest BCUT2D eigenvalue weighted by molar-refractivity contribution is 0.230. The van der Waals surface area contributed by atoms with E-state index in [1.165, 1.54) is 10.4 Å². The second-order valence-corrected chi connectivity index (χ2v) is 7.51. The van der Waals surface area contributed by atoms with E-state index < -0.39 is 0 Å². The van der Waals surface area contributed by atoms with Gasteiger partial charge in [0, 0.05) is 18.0 Å². The van der Waals surface area contributed by atoms with Gasteiger partial charge in [-0.3, -0.25) is 0 Å². The van der Waals surface area contributed by atoms with E-state index in [4.69, 9.17) is 9.47 Å². The normalized spacial score (nSPS) is 10.9. The van der Waals surface area contributed by atoms with Crippen LogP contribution in [-0.2, 0) is 13.1 Å². The maximum Gasteiger partial charge on any atom is 0.161 e. The Bertz CT molecular complexity index is 583. The van der Waals surface area contributed by atoms with E-state index in [-0.39, 0.29) is 6.10 Å². The van der Waals surface area contributed by atoms with Crippen molar-refractivity contribution in [2.24, 2.45) is 0 Å². The number of halogens is 1. The Kier molecular flexibility index (Phi) is 6.08. The van der Waals surface area contributed by atoms with Crippen molar-refractivity contribution < 1.29 is 9.47 Å². The van der Waals surface area contributed by atoms with Crippen molar-refractivity contribution in [1.29, 1.82) is 0 Å². The number of ether oxygens (including phenoxy) is 2. The van der Waals surface area contributed by atoms with E-state index in [1.807, 2.05) is 26.0 Å². The molecule has 0 atom stereocenters. The van der Waals surface area contributed by atoms with E-state index in [0.29, 0.717) is 0 Å². The summed E-state index contributed by atoms with van der Waals surface area (Å²) in [4.78, 5) is 1.31. The van der Waals surface area contributed by atoms with E-state index in [0.717, 1.165) is 28.4 Å². The number of methoxy groups -OCH3 is 1. The second-order valence-electron chi connectivity index (χ2n) is 4.96. The van der Waals surface area contributed by atoms with Gasteiger partial charge in [0.2, 0.25) is 0 Å². The highest BCUT2D eigenvalue weighted by Gasteiger charge is 2.07. The van der Waals surface area contributed by atoms with Gasteiger partial charge in [0.1, 0.15) is 0 Å². The maximum atomic E-state index is 5.72. The van der Waals surface area contributed by atoms with Gasteiger partial charge in [-0.15, -0.1) is 11.3 Å². The molecular weight excluding hydrogens is 350 g/mol. The van der Waals surface area contributed by atoms with E-state index in [2.05, 4.69) is 39.4 Å². The molecule has 0 unspecified atom stereocenters. The van der Waals surface area contributed by atoms with Crippen LogP contribution in [0.5, 0.6) is 11.5 Å². The molecule has 0 aliphatic rings. The lowest BCUT2D eigenvalue weighted by Crippen LogP contribution is -2.12. The molecule has 0 aliphatic heterocycles. The zero-order valence-corrected chi connectivity index (χ0v) is 14.9. The topological polar surface area (TPSA) is 30.5 Å². The Morgan fingerprint density at radius 1 is 1.14 bits per heavy atom. The molecule has 0 saturated heterocycles. The Morgan fingerprint density at radius 2 is 1.95 bits per heavy atom. The molecule has 2 aromatic rings. The highest BCUT2D eigenvalue weighted by molar-refractivity contribution is 9.11. The first-order valence-electron chi connectivity index (χ1n) is 6.87. The summed E-state index contributed by atoms with van der Waals surface area (Å²) in [6.45, 7) is 5.68. The number of thiophene rings is 1. The molecule has 2 rings (SSSR count). The summed E-state index contributed by atoms with van der Waals surface area (Å²) in [6, 6.07) is 10.3. The first kappa shape index (κ1) is 16.3. The summed E-state index contributed by atoms with van der Waals surface area (Å²) in [5.74, 6) is 1.57. The molecule has 114 valence electrons. The molecule has 3 nitrogen and oxygen atoms in total. The highest BCUT2D eigenvalue weighted by Crippen LogP contribution is 2.29. The van der Waals surface area contributed by atoms with Crippen LogP contribution < -0.4 is 14.8 Å². The molecule has 21 heavy (non-hydrogen) atoms. The van der Waals surface area contributed by atoms with Gasteiger partial charge in [-0.2, -0.15) is 0 Å². The minimum atomic E-state index is 0.139. The van der Waals surface area contributed by atoms with Crippen molar-refractivity contribution in [3.63, 3.8) is 0 Å². The van der Waals surface area contributed by atoms with Gasteiger partial charge in [0.05, 0.1) is 17.0 Å². The first-order chi connectivity index (χ1) is 10.1. The minimum Gasteiger partial charge on any atom is -0.493 e. The van der Waals surface area contributed by atoms with Crippen LogP contribution in [0, 0.1) is 0 Å². The predicted molar refractivity (Wildman–Crippen MR) is 91.3 cm³/mol. The van der Waals surface area contributed by atoms with E-state index in [1.54, 1.807) is 18.4 Å². The Balaban J connectivity index is 1.94. The maximum absolute atomic E-state index is 5.72. The largest absolute Gasteiger partial charge is 0.493 e. The van der Waals surface area contributed by atoms with Crippen LogP contribution in [0.25, 0.3) is 0 Å². The molecule has 0 amide bonds. The Labute approximate surface area is 138 Å². The summed E-state index contributed by atoms with van der Waals surface area (Å²) < 4.78 is 12.3. The quantitative estimate of drug-likeness (QED) is 0.773. The molecule has 0 saturated carbocycles. The fourth-order valence-corrected chi connectivity index (χ4v) is 3.40. The molecule has 1 N–H and O–H groups in total. The van der Waals surface area contributed by atoms with Crippen LogP contribution in [0.2, 0.25) is 0 Å². The van der Waals surface area contributed by atoms with Crippen LogP contribution in [0.1, 0.15) is 24.3 Å². The van der Waals surface area contributed by atoms with Crippen LogP contribution in [0.4, 0.5) is 0 Å². The minimum absolute atomic E-state index is 0.139. The number of rotatable bonds is 7. The molecule has 0 radical (unpaired) electrons. The number of nitrogens with one attached hydrogen (secondary N) is 1. The standard InChI is InChI=1S/C16H20BrNO2S/c1-11(2)20-14-6-4-12(8-15(14)19-3)9-18-10-13-5-7-16(17)21-13/h4-8,11,18H,9-10H2,1-3H3. The number of hydrogen-bond acceptors (Lipinski definition) is 4. The van der Waals surface area contributed by atoms with Crippen LogP contribution in [0.15, 0.2) is 34.1 Å². The zero-order valence-electron chi connectivity index (χ0n) is 12.5. The van der Waals surface area contributed by atoms with Crippen molar-refractivity contribution >= 4 is 27.3 Å². The van der Waals surface area contributed by atoms with Crippen LogP contribution in [0.3, 0.4) is 0 Å². The molecule has 1 heterocycles. The van der Waals surface area contributed by atoms with Gasteiger partial charge in [0.25, 0.3) is 0 Å². The summed E-state index contributed by atoms with van der Waals surface area (Å²) in [5, 5.41) is 3.44. The summed E-state index contributed by atoms with van der Waals surface area (Å²) in [5.41, 5.74) is 1.18. The number of hydrogen-bond donors (Lipinski definition) is 1. The van der Waals surface area contributed by atoms with Crippen molar-refractivity contribution in [3.8, 4) is 11.5 Å². The molecule has 0 fully saturated rings. The first-order valence-corrected chi connectivity index (χ1v) is 8.48. The zero-order chi connectivity index (χ0) is 15.2. The number of benzene rings is 1. The van der Waals surface area contributed by atoms with Crippen molar-refractivity contribution in [3.05, 3.63) is 44.6 Å². The fraction of sp³-hybridized carbons (Fsp3) is 0.375. The van der Waals surface area contributed by atoms with Crippen LogP contribution in [-0.4, -0.2) is 13.2 Å². The average Bonchev–Trinajstić information content (AvgIpc) is 2.85. The summed E-state index contributed by atoms with van der Waals surface area (Å²) in [7, 11) is 1.67. The Morgan fingerprint density at radius 3 is 2.57 bits per heavy atom. The van der Waals surface area contributed by atoms with Gasteiger partial charge in [0.15, 0.2) is 11.5 Å². The smallest absolute Gasteiger partial charge is 0.161 e.